The Morgan fingerprint density at radius 3 is 2.54 bits per heavy atom. The van der Waals surface area contributed by atoms with Crippen LogP contribution >= 0.6 is 0 Å². The summed E-state index contributed by atoms with van der Waals surface area (Å²) in [4.78, 5) is 0. The molecule has 3 heteroatoms. The van der Waals surface area contributed by atoms with Crippen molar-refractivity contribution in [1.82, 2.24) is 0 Å². The minimum Gasteiger partial charge on any atom is -0.387 e. The smallest absolute Gasteiger partial charge is 0.126 e. The predicted octanol–water partition coefficient (Wildman–Crippen LogP) is 1.43. The van der Waals surface area contributed by atoms with Gasteiger partial charge in [0.05, 0.1) is 6.10 Å². The van der Waals surface area contributed by atoms with Crippen molar-refractivity contribution in [2.45, 2.75) is 20.0 Å². The summed E-state index contributed by atoms with van der Waals surface area (Å²) in [7, 11) is 0. The highest BCUT2D eigenvalue weighted by Crippen LogP contribution is 2.19. The zero-order chi connectivity index (χ0) is 10.0. The number of aliphatic hydroxyl groups is 1. The molecule has 0 aromatic heterocycles. The first-order valence-electron chi connectivity index (χ1n) is 4.21. The van der Waals surface area contributed by atoms with E-state index in [1.807, 2.05) is 6.92 Å². The molecule has 0 radical (unpaired) electrons. The second kappa shape index (κ2) is 3.85. The van der Waals surface area contributed by atoms with Gasteiger partial charge in [-0.2, -0.15) is 0 Å². The third kappa shape index (κ3) is 2.05. The number of aliphatic hydroxyl groups excluding tert-OH is 1. The van der Waals surface area contributed by atoms with Crippen molar-refractivity contribution in [3.8, 4) is 0 Å². The van der Waals surface area contributed by atoms with E-state index >= 15 is 0 Å². The van der Waals surface area contributed by atoms with Crippen molar-refractivity contribution in [2.75, 3.05) is 6.54 Å². The lowest BCUT2D eigenvalue weighted by Gasteiger charge is -2.11. The fraction of sp³-hybridized carbons (Fsp3) is 0.400. The SMILES string of the molecule is Cc1cc(C(O)CN)cc(F)c1C. The maximum absolute atomic E-state index is 13.2. The number of aryl methyl sites for hydroxylation is 1. The van der Waals surface area contributed by atoms with Crippen molar-refractivity contribution in [1.29, 1.82) is 0 Å². The Bertz CT molecular complexity index is 289. The molecule has 1 rings (SSSR count). The van der Waals surface area contributed by atoms with Gasteiger partial charge in [-0.15, -0.1) is 0 Å². The number of hydrogen-bond acceptors (Lipinski definition) is 2. The highest BCUT2D eigenvalue weighted by molar-refractivity contribution is 5.32. The Balaban J connectivity index is 3.13. The monoisotopic (exact) mass is 183 g/mol. The van der Waals surface area contributed by atoms with E-state index in [-0.39, 0.29) is 12.4 Å². The number of halogens is 1. The summed E-state index contributed by atoms with van der Waals surface area (Å²) in [5.74, 6) is -0.289. The maximum atomic E-state index is 13.2. The first kappa shape index (κ1) is 10.2. The van der Waals surface area contributed by atoms with Crippen molar-refractivity contribution in [2.24, 2.45) is 5.73 Å². The van der Waals surface area contributed by atoms with Crippen molar-refractivity contribution in [3.63, 3.8) is 0 Å². The van der Waals surface area contributed by atoms with Crippen LogP contribution < -0.4 is 5.73 Å². The van der Waals surface area contributed by atoms with E-state index in [1.54, 1.807) is 13.0 Å². The maximum Gasteiger partial charge on any atom is 0.126 e. The molecule has 1 atom stereocenters. The molecule has 0 saturated carbocycles. The van der Waals surface area contributed by atoms with Crippen LogP contribution in [0.15, 0.2) is 12.1 Å². The molecular weight excluding hydrogens is 169 g/mol. The topological polar surface area (TPSA) is 46.2 Å². The van der Waals surface area contributed by atoms with Crippen LogP contribution in [-0.2, 0) is 0 Å². The van der Waals surface area contributed by atoms with Gasteiger partial charge in [-0.05, 0) is 36.6 Å². The van der Waals surface area contributed by atoms with Crippen LogP contribution in [-0.4, -0.2) is 11.7 Å². The standard InChI is InChI=1S/C10H14FNO/c1-6-3-8(10(13)5-12)4-9(11)7(6)2/h3-4,10,13H,5,12H2,1-2H3. The first-order valence-corrected chi connectivity index (χ1v) is 4.21. The first-order chi connectivity index (χ1) is 6.06. The van der Waals surface area contributed by atoms with Gasteiger partial charge < -0.3 is 10.8 Å². The molecule has 0 saturated heterocycles. The van der Waals surface area contributed by atoms with E-state index in [1.165, 1.54) is 6.07 Å². The Morgan fingerprint density at radius 2 is 2.08 bits per heavy atom. The van der Waals surface area contributed by atoms with Crippen LogP contribution in [0.4, 0.5) is 4.39 Å². The van der Waals surface area contributed by atoms with Gasteiger partial charge in [-0.25, -0.2) is 4.39 Å². The molecule has 0 amide bonds. The molecule has 2 nitrogen and oxygen atoms in total. The fourth-order valence-corrected chi connectivity index (χ4v) is 1.17. The molecule has 1 unspecified atom stereocenters. The number of nitrogens with two attached hydrogens (primary N) is 1. The van der Waals surface area contributed by atoms with Gasteiger partial charge in [0.25, 0.3) is 0 Å². The molecule has 0 heterocycles. The summed E-state index contributed by atoms with van der Waals surface area (Å²) in [5, 5.41) is 9.38. The quantitative estimate of drug-likeness (QED) is 0.728. The number of rotatable bonds is 2. The normalized spacial score (nSPS) is 13.0. The van der Waals surface area contributed by atoms with Gasteiger partial charge in [-0.3, -0.25) is 0 Å². The molecule has 0 bridgehead atoms. The molecule has 1 aromatic carbocycles. The van der Waals surface area contributed by atoms with Crippen molar-refractivity contribution < 1.29 is 9.50 Å². The van der Waals surface area contributed by atoms with Gasteiger partial charge in [-0.1, -0.05) is 6.07 Å². The molecule has 0 aliphatic rings. The second-order valence-corrected chi connectivity index (χ2v) is 3.20. The third-order valence-corrected chi connectivity index (χ3v) is 2.23. The largest absolute Gasteiger partial charge is 0.387 e. The van der Waals surface area contributed by atoms with Crippen LogP contribution in [0.5, 0.6) is 0 Å². The lowest BCUT2D eigenvalue weighted by atomic mass is 10.0. The van der Waals surface area contributed by atoms with Crippen LogP contribution in [0, 0.1) is 19.7 Å². The zero-order valence-corrected chi connectivity index (χ0v) is 7.84. The average molecular weight is 183 g/mol. The summed E-state index contributed by atoms with van der Waals surface area (Å²) in [6.45, 7) is 3.64. The molecular formula is C10H14FNO. The van der Waals surface area contributed by atoms with E-state index in [0.717, 1.165) is 5.56 Å². The summed E-state index contributed by atoms with van der Waals surface area (Å²) < 4.78 is 13.2. The van der Waals surface area contributed by atoms with Crippen LogP contribution in [0.1, 0.15) is 22.8 Å². The Morgan fingerprint density at radius 1 is 1.46 bits per heavy atom. The van der Waals surface area contributed by atoms with Gasteiger partial charge in [0.1, 0.15) is 5.82 Å². The molecule has 0 spiro atoms. The van der Waals surface area contributed by atoms with E-state index in [9.17, 15) is 9.50 Å². The molecule has 0 fully saturated rings. The van der Waals surface area contributed by atoms with E-state index in [2.05, 4.69) is 0 Å². The minimum absolute atomic E-state index is 0.113. The molecule has 13 heavy (non-hydrogen) atoms. The average Bonchev–Trinajstić information content (AvgIpc) is 2.12. The Labute approximate surface area is 77.2 Å². The van der Waals surface area contributed by atoms with Crippen LogP contribution in [0.2, 0.25) is 0 Å². The molecule has 1 aromatic rings. The number of benzene rings is 1. The van der Waals surface area contributed by atoms with Gasteiger partial charge in [0.2, 0.25) is 0 Å². The summed E-state index contributed by atoms with van der Waals surface area (Å²) in [6.07, 6.45) is -0.770. The van der Waals surface area contributed by atoms with Gasteiger partial charge >= 0.3 is 0 Å². The molecule has 72 valence electrons. The zero-order valence-electron chi connectivity index (χ0n) is 7.84. The van der Waals surface area contributed by atoms with Crippen molar-refractivity contribution >= 4 is 0 Å². The Hall–Kier alpha value is -0.930. The minimum atomic E-state index is -0.770. The van der Waals surface area contributed by atoms with Crippen molar-refractivity contribution in [3.05, 3.63) is 34.6 Å². The predicted molar refractivity (Wildman–Crippen MR) is 49.9 cm³/mol. The highest BCUT2D eigenvalue weighted by Gasteiger charge is 2.09. The molecule has 0 aliphatic carbocycles. The lowest BCUT2D eigenvalue weighted by molar-refractivity contribution is 0.186. The van der Waals surface area contributed by atoms with E-state index in [0.29, 0.717) is 11.1 Å². The fourth-order valence-electron chi connectivity index (χ4n) is 1.17. The summed E-state index contributed by atoms with van der Waals surface area (Å²) >= 11 is 0. The van der Waals surface area contributed by atoms with Crippen LogP contribution in [0.3, 0.4) is 0 Å². The van der Waals surface area contributed by atoms with E-state index in [4.69, 9.17) is 5.73 Å². The van der Waals surface area contributed by atoms with E-state index < -0.39 is 6.10 Å². The summed E-state index contributed by atoms with van der Waals surface area (Å²) in [5.41, 5.74) is 7.27. The third-order valence-electron chi connectivity index (χ3n) is 2.23. The van der Waals surface area contributed by atoms with Crippen LogP contribution in [0.25, 0.3) is 0 Å². The van der Waals surface area contributed by atoms with Gasteiger partial charge in [0.15, 0.2) is 0 Å². The van der Waals surface area contributed by atoms with Gasteiger partial charge in [0, 0.05) is 6.54 Å². The molecule has 0 aliphatic heterocycles. The molecule has 3 N–H and O–H groups in total. The number of hydrogen-bond donors (Lipinski definition) is 2. The Kier molecular flexibility index (Phi) is 3.01. The highest BCUT2D eigenvalue weighted by atomic mass is 19.1. The summed E-state index contributed by atoms with van der Waals surface area (Å²) in [6, 6.07) is 3.09. The second-order valence-electron chi connectivity index (χ2n) is 3.20. The lowest BCUT2D eigenvalue weighted by Crippen LogP contribution is -2.12.